The van der Waals surface area contributed by atoms with E-state index in [1.807, 2.05) is 30.3 Å². The number of nitrogens with one attached hydrogen (secondary N) is 1. The number of carbonyl (C=O) groups excluding carboxylic acids is 1. The van der Waals surface area contributed by atoms with E-state index < -0.39 is 17.5 Å². The van der Waals surface area contributed by atoms with Gasteiger partial charge in [0.2, 0.25) is 0 Å². The number of fused-ring (bicyclic) bond motifs is 1. The summed E-state index contributed by atoms with van der Waals surface area (Å²) >= 11 is 0. The molecule has 1 amide bonds. The molecule has 0 saturated carbocycles. The Hall–Kier alpha value is -3.02. The first kappa shape index (κ1) is 16.8. The van der Waals surface area contributed by atoms with Crippen molar-refractivity contribution < 1.29 is 18.3 Å². The van der Waals surface area contributed by atoms with Gasteiger partial charge in [-0.15, -0.1) is 0 Å². The highest BCUT2D eigenvalue weighted by atomic mass is 19.1. The van der Waals surface area contributed by atoms with Gasteiger partial charge in [-0.1, -0.05) is 18.2 Å². The largest absolute Gasteiger partial charge is 0.491 e. The number of pyridine rings is 1. The van der Waals surface area contributed by atoms with Crippen LogP contribution in [0.2, 0.25) is 0 Å². The summed E-state index contributed by atoms with van der Waals surface area (Å²) in [6.07, 6.45) is 2.22. The lowest BCUT2D eigenvalue weighted by molar-refractivity contribution is 0.0947. The molecule has 4 nitrogen and oxygen atoms in total. The molecule has 3 aromatic rings. The number of amides is 1. The molecule has 0 radical (unpaired) electrons. The fraction of sp³-hybridized carbons (Fsp3) is 0.158. The van der Waals surface area contributed by atoms with Gasteiger partial charge < -0.3 is 10.1 Å². The molecule has 0 fully saturated rings. The lowest BCUT2D eigenvalue weighted by atomic mass is 10.2. The second kappa shape index (κ2) is 7.70. The maximum Gasteiger partial charge on any atom is 0.254 e. The molecule has 0 spiro atoms. The van der Waals surface area contributed by atoms with E-state index in [4.69, 9.17) is 4.74 Å². The summed E-state index contributed by atoms with van der Waals surface area (Å²) in [6, 6.07) is 12.2. The Balaban J connectivity index is 1.50. The quantitative estimate of drug-likeness (QED) is 0.695. The van der Waals surface area contributed by atoms with Gasteiger partial charge in [-0.2, -0.15) is 0 Å². The summed E-state index contributed by atoms with van der Waals surface area (Å²) < 4.78 is 32.3. The molecule has 6 heteroatoms. The van der Waals surface area contributed by atoms with E-state index in [0.717, 1.165) is 29.1 Å². The van der Waals surface area contributed by atoms with Crippen LogP contribution in [0, 0.1) is 11.6 Å². The van der Waals surface area contributed by atoms with Gasteiger partial charge in [0.05, 0.1) is 12.2 Å². The molecule has 128 valence electrons. The molecule has 2 aromatic carbocycles. The second-order valence-electron chi connectivity index (χ2n) is 5.41. The molecule has 25 heavy (non-hydrogen) atoms. The number of halogens is 2. The van der Waals surface area contributed by atoms with Gasteiger partial charge >= 0.3 is 0 Å². The lowest BCUT2D eigenvalue weighted by Crippen LogP contribution is -2.26. The molecule has 1 heterocycles. The average Bonchev–Trinajstić information content (AvgIpc) is 2.63. The van der Waals surface area contributed by atoms with Crippen molar-refractivity contribution in [2.45, 2.75) is 6.42 Å². The van der Waals surface area contributed by atoms with Crippen LogP contribution in [0.5, 0.6) is 5.75 Å². The van der Waals surface area contributed by atoms with Crippen LogP contribution in [0.1, 0.15) is 16.8 Å². The van der Waals surface area contributed by atoms with Crippen molar-refractivity contribution in [3.8, 4) is 5.75 Å². The van der Waals surface area contributed by atoms with Crippen LogP contribution in [0.25, 0.3) is 10.9 Å². The number of ether oxygens (including phenoxy) is 1. The van der Waals surface area contributed by atoms with Crippen molar-refractivity contribution in [1.82, 2.24) is 10.3 Å². The Labute approximate surface area is 143 Å². The predicted molar refractivity (Wildman–Crippen MR) is 90.5 cm³/mol. The number of aromatic nitrogens is 1. The van der Waals surface area contributed by atoms with Crippen molar-refractivity contribution >= 4 is 16.8 Å². The Morgan fingerprint density at radius 2 is 1.96 bits per heavy atom. The van der Waals surface area contributed by atoms with Gasteiger partial charge in [0.15, 0.2) is 0 Å². The molecule has 0 aliphatic heterocycles. The molecular formula is C19H16F2N2O2. The minimum Gasteiger partial charge on any atom is -0.491 e. The molecule has 0 atom stereocenters. The van der Waals surface area contributed by atoms with Crippen molar-refractivity contribution in [3.05, 3.63) is 71.9 Å². The van der Waals surface area contributed by atoms with E-state index in [2.05, 4.69) is 10.3 Å². The van der Waals surface area contributed by atoms with Gasteiger partial charge in [0, 0.05) is 18.1 Å². The van der Waals surface area contributed by atoms with Crippen LogP contribution in [0.15, 0.2) is 54.7 Å². The molecule has 3 rings (SSSR count). The highest BCUT2D eigenvalue weighted by molar-refractivity contribution is 5.94. The molecule has 1 N–H and O–H groups in total. The standard InChI is InChI=1S/C19H16F2N2O2/c20-14-7-8-16(21)15(12-14)19(24)23-10-3-11-25-17-6-1-4-13-5-2-9-22-18(13)17/h1-2,4-9,12H,3,10-11H2,(H,23,24). The fourth-order valence-electron chi connectivity index (χ4n) is 2.42. The van der Waals surface area contributed by atoms with Crippen molar-refractivity contribution in [2.75, 3.05) is 13.2 Å². The minimum atomic E-state index is -0.753. The number of para-hydroxylation sites is 1. The zero-order chi connectivity index (χ0) is 17.6. The van der Waals surface area contributed by atoms with Crippen LogP contribution >= 0.6 is 0 Å². The van der Waals surface area contributed by atoms with Gasteiger partial charge in [0.25, 0.3) is 5.91 Å². The summed E-state index contributed by atoms with van der Waals surface area (Å²) in [4.78, 5) is 16.2. The first-order valence-corrected chi connectivity index (χ1v) is 7.85. The van der Waals surface area contributed by atoms with Crippen LogP contribution in [-0.4, -0.2) is 24.0 Å². The number of rotatable bonds is 6. The Morgan fingerprint density at radius 1 is 1.12 bits per heavy atom. The third-order valence-electron chi connectivity index (χ3n) is 3.63. The van der Waals surface area contributed by atoms with Crippen LogP contribution < -0.4 is 10.1 Å². The van der Waals surface area contributed by atoms with E-state index in [9.17, 15) is 13.6 Å². The summed E-state index contributed by atoms with van der Waals surface area (Å²) in [5.41, 5.74) is 0.468. The van der Waals surface area contributed by atoms with Crippen LogP contribution in [-0.2, 0) is 0 Å². The number of hydrogen-bond acceptors (Lipinski definition) is 3. The summed E-state index contributed by atoms with van der Waals surface area (Å²) in [5, 5.41) is 3.53. The third kappa shape index (κ3) is 4.09. The molecule has 1 aromatic heterocycles. The topological polar surface area (TPSA) is 51.2 Å². The average molecular weight is 342 g/mol. The van der Waals surface area contributed by atoms with Gasteiger partial charge in [0.1, 0.15) is 22.9 Å². The van der Waals surface area contributed by atoms with Gasteiger partial charge in [-0.3, -0.25) is 9.78 Å². The van der Waals surface area contributed by atoms with Crippen LogP contribution in [0.4, 0.5) is 8.78 Å². The summed E-state index contributed by atoms with van der Waals surface area (Å²) in [6.45, 7) is 0.647. The number of nitrogens with zero attached hydrogens (tertiary/aromatic N) is 1. The number of benzene rings is 2. The SMILES string of the molecule is O=C(NCCCOc1cccc2cccnc12)c1cc(F)ccc1F. The molecule has 0 unspecified atom stereocenters. The first-order chi connectivity index (χ1) is 12.1. The first-order valence-electron chi connectivity index (χ1n) is 7.85. The Kier molecular flexibility index (Phi) is 5.18. The predicted octanol–water partition coefficient (Wildman–Crippen LogP) is 3.71. The highest BCUT2D eigenvalue weighted by Gasteiger charge is 2.12. The zero-order valence-corrected chi connectivity index (χ0v) is 13.3. The molecule has 0 aliphatic rings. The highest BCUT2D eigenvalue weighted by Crippen LogP contribution is 2.22. The van der Waals surface area contributed by atoms with Gasteiger partial charge in [-0.25, -0.2) is 8.78 Å². The number of hydrogen-bond donors (Lipinski definition) is 1. The van der Waals surface area contributed by atoms with Crippen molar-refractivity contribution in [1.29, 1.82) is 0 Å². The minimum absolute atomic E-state index is 0.285. The number of carbonyl (C=O) groups is 1. The van der Waals surface area contributed by atoms with E-state index in [1.54, 1.807) is 6.20 Å². The fourth-order valence-corrected chi connectivity index (χ4v) is 2.42. The van der Waals surface area contributed by atoms with Crippen LogP contribution in [0.3, 0.4) is 0 Å². The molecular weight excluding hydrogens is 326 g/mol. The molecule has 0 aliphatic carbocycles. The van der Waals surface area contributed by atoms with Crippen molar-refractivity contribution in [2.24, 2.45) is 0 Å². The lowest BCUT2D eigenvalue weighted by Gasteiger charge is -2.09. The molecule has 0 saturated heterocycles. The summed E-state index contributed by atoms with van der Waals surface area (Å²) in [7, 11) is 0. The maximum atomic E-state index is 13.5. The summed E-state index contributed by atoms with van der Waals surface area (Å²) in [5.74, 6) is -1.39. The second-order valence-corrected chi connectivity index (χ2v) is 5.41. The Morgan fingerprint density at radius 3 is 2.84 bits per heavy atom. The van der Waals surface area contributed by atoms with E-state index in [1.165, 1.54) is 0 Å². The third-order valence-corrected chi connectivity index (χ3v) is 3.63. The Bertz CT molecular complexity index is 894. The maximum absolute atomic E-state index is 13.5. The van der Waals surface area contributed by atoms with E-state index in [0.29, 0.717) is 18.8 Å². The zero-order valence-electron chi connectivity index (χ0n) is 13.3. The van der Waals surface area contributed by atoms with Crippen molar-refractivity contribution in [3.63, 3.8) is 0 Å². The van der Waals surface area contributed by atoms with E-state index >= 15 is 0 Å². The van der Waals surface area contributed by atoms with Gasteiger partial charge in [-0.05, 0) is 36.8 Å². The smallest absolute Gasteiger partial charge is 0.254 e. The normalized spacial score (nSPS) is 10.6. The monoisotopic (exact) mass is 342 g/mol. The molecule has 0 bridgehead atoms. The van der Waals surface area contributed by atoms with E-state index in [-0.39, 0.29) is 12.1 Å².